The molecule has 0 saturated carbocycles. The molecule has 2 N–H and O–H groups in total. The van der Waals surface area contributed by atoms with Crippen molar-refractivity contribution >= 4 is 22.6 Å². The summed E-state index contributed by atoms with van der Waals surface area (Å²) in [6.07, 6.45) is 2.70. The molecule has 0 aliphatic rings. The van der Waals surface area contributed by atoms with E-state index in [2.05, 4.69) is 15.5 Å². The van der Waals surface area contributed by atoms with Gasteiger partial charge in [0.2, 0.25) is 0 Å². The monoisotopic (exact) mass is 259 g/mol. The van der Waals surface area contributed by atoms with Crippen molar-refractivity contribution < 1.29 is 9.90 Å². The molecule has 100 valence electrons. The van der Waals surface area contributed by atoms with Gasteiger partial charge in [-0.25, -0.2) is 0 Å². The Labute approximate surface area is 111 Å². The number of fused-ring (bicyclic) bond motifs is 1. The van der Waals surface area contributed by atoms with E-state index in [0.29, 0.717) is 12.4 Å². The van der Waals surface area contributed by atoms with Gasteiger partial charge in [0.25, 0.3) is 0 Å². The summed E-state index contributed by atoms with van der Waals surface area (Å²) in [4.78, 5) is 10.7. The predicted octanol–water partition coefficient (Wildman–Crippen LogP) is 2.54. The van der Waals surface area contributed by atoms with Crippen LogP contribution < -0.4 is 5.32 Å². The van der Waals surface area contributed by atoms with Crippen molar-refractivity contribution in [3.8, 4) is 0 Å². The number of hydrogen-bond donors (Lipinski definition) is 2. The van der Waals surface area contributed by atoms with Gasteiger partial charge in [0, 0.05) is 23.7 Å². The van der Waals surface area contributed by atoms with E-state index in [0.717, 1.165) is 17.2 Å². The topological polar surface area (TPSA) is 75.1 Å². The third kappa shape index (κ3) is 3.40. The first-order chi connectivity index (χ1) is 9.20. The van der Waals surface area contributed by atoms with Crippen molar-refractivity contribution in [1.82, 2.24) is 10.2 Å². The quantitative estimate of drug-likeness (QED) is 0.833. The fraction of sp³-hybridized carbons (Fsp3) is 0.357. The van der Waals surface area contributed by atoms with Crippen LogP contribution in [0.1, 0.15) is 19.8 Å². The first kappa shape index (κ1) is 13.3. The molecular formula is C14H17N3O2. The van der Waals surface area contributed by atoms with E-state index in [4.69, 9.17) is 5.11 Å². The number of nitrogens with one attached hydrogen (secondary N) is 1. The number of rotatable bonds is 6. The largest absolute Gasteiger partial charge is 0.481 e. The van der Waals surface area contributed by atoms with E-state index >= 15 is 0 Å². The fourth-order valence-corrected chi connectivity index (χ4v) is 2.01. The number of carboxylic acids is 1. The van der Waals surface area contributed by atoms with Gasteiger partial charge in [0.15, 0.2) is 5.82 Å². The van der Waals surface area contributed by atoms with E-state index < -0.39 is 5.97 Å². The minimum Gasteiger partial charge on any atom is -0.481 e. The smallest absolute Gasteiger partial charge is 0.303 e. The van der Waals surface area contributed by atoms with Gasteiger partial charge in [0.05, 0.1) is 6.20 Å². The molecule has 1 unspecified atom stereocenters. The second kappa shape index (κ2) is 6.13. The van der Waals surface area contributed by atoms with Gasteiger partial charge in [-0.2, -0.15) is 5.10 Å². The molecule has 5 heteroatoms. The number of nitrogens with zero attached hydrogens (tertiary/aromatic N) is 2. The van der Waals surface area contributed by atoms with Crippen LogP contribution in [0.3, 0.4) is 0 Å². The van der Waals surface area contributed by atoms with Crippen LogP contribution in [-0.2, 0) is 4.79 Å². The Bertz CT molecular complexity index is 566. The SMILES string of the molecule is CCC(CNc1nncc2ccccc12)CC(=O)O. The second-order valence-corrected chi connectivity index (χ2v) is 4.53. The standard InChI is InChI=1S/C14H17N3O2/c1-2-10(7-13(18)19)8-15-14-12-6-4-3-5-11(12)9-16-17-14/h3-6,9-10H,2,7-8H2,1H3,(H,15,17)(H,18,19). The van der Waals surface area contributed by atoms with Crippen molar-refractivity contribution in [2.45, 2.75) is 19.8 Å². The third-order valence-corrected chi connectivity index (χ3v) is 3.17. The molecule has 0 aliphatic heterocycles. The minimum absolute atomic E-state index is 0.0956. The highest BCUT2D eigenvalue weighted by atomic mass is 16.4. The highest BCUT2D eigenvalue weighted by Crippen LogP contribution is 2.20. The molecule has 19 heavy (non-hydrogen) atoms. The Morgan fingerprint density at radius 1 is 1.42 bits per heavy atom. The fourth-order valence-electron chi connectivity index (χ4n) is 2.01. The van der Waals surface area contributed by atoms with Gasteiger partial charge in [-0.1, -0.05) is 37.6 Å². The van der Waals surface area contributed by atoms with Crippen LogP contribution in [0.25, 0.3) is 10.8 Å². The lowest BCUT2D eigenvalue weighted by atomic mass is 10.0. The molecule has 1 heterocycles. The lowest BCUT2D eigenvalue weighted by molar-refractivity contribution is -0.138. The highest BCUT2D eigenvalue weighted by Gasteiger charge is 2.12. The summed E-state index contributed by atoms with van der Waals surface area (Å²) in [5.74, 6) is 0.0397. The Morgan fingerprint density at radius 2 is 2.21 bits per heavy atom. The lowest BCUT2D eigenvalue weighted by Crippen LogP contribution is -2.18. The zero-order chi connectivity index (χ0) is 13.7. The summed E-state index contributed by atoms with van der Waals surface area (Å²) in [6, 6.07) is 7.85. The number of hydrogen-bond acceptors (Lipinski definition) is 4. The molecule has 0 bridgehead atoms. The van der Waals surface area contributed by atoms with E-state index in [1.54, 1.807) is 6.20 Å². The van der Waals surface area contributed by atoms with Crippen molar-refractivity contribution in [2.75, 3.05) is 11.9 Å². The van der Waals surface area contributed by atoms with E-state index in [1.165, 1.54) is 0 Å². The van der Waals surface area contributed by atoms with Crippen molar-refractivity contribution in [2.24, 2.45) is 5.92 Å². The van der Waals surface area contributed by atoms with Crippen LogP contribution in [0.4, 0.5) is 5.82 Å². The van der Waals surface area contributed by atoms with Crippen molar-refractivity contribution in [1.29, 1.82) is 0 Å². The van der Waals surface area contributed by atoms with Crippen LogP contribution in [0.5, 0.6) is 0 Å². The molecule has 1 aromatic carbocycles. The minimum atomic E-state index is -0.766. The van der Waals surface area contributed by atoms with Gasteiger partial charge in [-0.15, -0.1) is 5.10 Å². The lowest BCUT2D eigenvalue weighted by Gasteiger charge is -2.14. The number of aromatic nitrogens is 2. The van der Waals surface area contributed by atoms with Gasteiger partial charge in [0.1, 0.15) is 0 Å². The Hall–Kier alpha value is -2.17. The van der Waals surface area contributed by atoms with Gasteiger partial charge >= 0.3 is 5.97 Å². The summed E-state index contributed by atoms with van der Waals surface area (Å²) in [6.45, 7) is 2.58. The maximum atomic E-state index is 10.7. The molecule has 5 nitrogen and oxygen atoms in total. The maximum Gasteiger partial charge on any atom is 0.303 e. The molecule has 1 atom stereocenters. The van der Waals surface area contributed by atoms with E-state index in [9.17, 15) is 4.79 Å². The van der Waals surface area contributed by atoms with Gasteiger partial charge in [-0.05, 0) is 5.92 Å². The molecule has 2 rings (SSSR count). The Balaban J connectivity index is 2.11. The number of aliphatic carboxylic acids is 1. The van der Waals surface area contributed by atoms with Gasteiger partial charge in [-0.3, -0.25) is 4.79 Å². The number of benzene rings is 1. The normalized spacial score (nSPS) is 12.3. The van der Waals surface area contributed by atoms with E-state index in [-0.39, 0.29) is 12.3 Å². The van der Waals surface area contributed by atoms with Crippen LogP contribution in [0, 0.1) is 5.92 Å². The van der Waals surface area contributed by atoms with Crippen molar-refractivity contribution in [3.63, 3.8) is 0 Å². The molecule has 2 aromatic rings. The van der Waals surface area contributed by atoms with Crippen LogP contribution >= 0.6 is 0 Å². The highest BCUT2D eigenvalue weighted by molar-refractivity contribution is 5.90. The first-order valence-corrected chi connectivity index (χ1v) is 6.36. The second-order valence-electron chi connectivity index (χ2n) is 4.53. The molecule has 0 fully saturated rings. The Morgan fingerprint density at radius 3 is 2.95 bits per heavy atom. The van der Waals surface area contributed by atoms with Crippen LogP contribution in [0.15, 0.2) is 30.5 Å². The average molecular weight is 259 g/mol. The number of anilines is 1. The van der Waals surface area contributed by atoms with Crippen LogP contribution in [-0.4, -0.2) is 27.8 Å². The molecule has 0 aliphatic carbocycles. The first-order valence-electron chi connectivity index (χ1n) is 6.36. The summed E-state index contributed by atoms with van der Waals surface area (Å²) in [5.41, 5.74) is 0. The third-order valence-electron chi connectivity index (χ3n) is 3.17. The van der Waals surface area contributed by atoms with E-state index in [1.807, 2.05) is 31.2 Å². The molecule has 0 spiro atoms. The Kier molecular flexibility index (Phi) is 4.28. The van der Waals surface area contributed by atoms with Gasteiger partial charge < -0.3 is 10.4 Å². The zero-order valence-electron chi connectivity index (χ0n) is 10.8. The number of carboxylic acid groups (broad SMARTS) is 1. The summed E-state index contributed by atoms with van der Waals surface area (Å²) in [5, 5.41) is 22.1. The molecule has 0 amide bonds. The molecule has 0 saturated heterocycles. The van der Waals surface area contributed by atoms with Crippen LogP contribution in [0.2, 0.25) is 0 Å². The summed E-state index contributed by atoms with van der Waals surface area (Å²) < 4.78 is 0. The number of carbonyl (C=O) groups is 1. The maximum absolute atomic E-state index is 10.7. The molecular weight excluding hydrogens is 242 g/mol. The van der Waals surface area contributed by atoms with Crippen molar-refractivity contribution in [3.05, 3.63) is 30.5 Å². The summed E-state index contributed by atoms with van der Waals surface area (Å²) >= 11 is 0. The molecule has 0 radical (unpaired) electrons. The summed E-state index contributed by atoms with van der Waals surface area (Å²) in [7, 11) is 0. The average Bonchev–Trinajstić information content (AvgIpc) is 2.43. The zero-order valence-corrected chi connectivity index (χ0v) is 10.8. The molecule has 1 aromatic heterocycles. The predicted molar refractivity (Wildman–Crippen MR) is 74.1 cm³/mol.